The molecule has 0 amide bonds. The standard InChI is InChI=1S/C18H18N2O3/c1-13-16(12-17(21)22)15-8-5-9-19-18(15)20(13)10-11-23-14-6-3-2-4-7-14/h2-9H,10-12H2,1H3,(H,21,22). The largest absolute Gasteiger partial charge is 0.492 e. The molecule has 0 fully saturated rings. The zero-order valence-corrected chi connectivity index (χ0v) is 12.9. The summed E-state index contributed by atoms with van der Waals surface area (Å²) in [6.45, 7) is 3.05. The number of aromatic nitrogens is 2. The van der Waals surface area contributed by atoms with Crippen LogP contribution in [0.5, 0.6) is 5.75 Å². The molecule has 0 aliphatic heterocycles. The second-order valence-corrected chi connectivity index (χ2v) is 5.32. The zero-order chi connectivity index (χ0) is 16.2. The highest BCUT2D eigenvalue weighted by Gasteiger charge is 2.16. The van der Waals surface area contributed by atoms with Crippen molar-refractivity contribution in [3.63, 3.8) is 0 Å². The number of aliphatic carboxylic acids is 1. The third-order valence-electron chi connectivity index (χ3n) is 3.86. The Morgan fingerprint density at radius 1 is 1.22 bits per heavy atom. The minimum Gasteiger partial charge on any atom is -0.492 e. The van der Waals surface area contributed by atoms with E-state index in [1.165, 1.54) is 0 Å². The van der Waals surface area contributed by atoms with Crippen molar-refractivity contribution < 1.29 is 14.6 Å². The van der Waals surface area contributed by atoms with Crippen LogP contribution in [-0.4, -0.2) is 27.2 Å². The molecule has 23 heavy (non-hydrogen) atoms. The SMILES string of the molecule is Cc1c(CC(=O)O)c2cccnc2n1CCOc1ccccc1. The molecule has 0 spiro atoms. The number of hydrogen-bond donors (Lipinski definition) is 1. The van der Waals surface area contributed by atoms with Gasteiger partial charge in [-0.15, -0.1) is 0 Å². The Morgan fingerprint density at radius 3 is 2.74 bits per heavy atom. The third-order valence-corrected chi connectivity index (χ3v) is 3.86. The van der Waals surface area contributed by atoms with E-state index in [4.69, 9.17) is 9.84 Å². The Hall–Kier alpha value is -2.82. The van der Waals surface area contributed by atoms with E-state index in [0.29, 0.717) is 13.2 Å². The lowest BCUT2D eigenvalue weighted by Gasteiger charge is -2.10. The van der Waals surface area contributed by atoms with Gasteiger partial charge in [-0.25, -0.2) is 4.98 Å². The summed E-state index contributed by atoms with van der Waals surface area (Å²) >= 11 is 0. The number of carboxylic acids is 1. The lowest BCUT2D eigenvalue weighted by Crippen LogP contribution is -2.10. The van der Waals surface area contributed by atoms with Gasteiger partial charge >= 0.3 is 5.97 Å². The Morgan fingerprint density at radius 2 is 2.00 bits per heavy atom. The average Bonchev–Trinajstić information content (AvgIpc) is 2.81. The summed E-state index contributed by atoms with van der Waals surface area (Å²) in [5, 5.41) is 10.0. The molecule has 2 aromatic heterocycles. The predicted octanol–water partition coefficient (Wildman–Crippen LogP) is 3.05. The predicted molar refractivity (Wildman–Crippen MR) is 87.7 cm³/mol. The number of para-hydroxylation sites is 1. The molecule has 0 bridgehead atoms. The van der Waals surface area contributed by atoms with Gasteiger partial charge in [0.25, 0.3) is 0 Å². The van der Waals surface area contributed by atoms with Crippen LogP contribution in [-0.2, 0) is 17.8 Å². The minimum absolute atomic E-state index is 0.000565. The number of rotatable bonds is 6. The molecule has 3 aromatic rings. The number of nitrogens with zero attached hydrogens (tertiary/aromatic N) is 2. The van der Waals surface area contributed by atoms with Gasteiger partial charge in [0.1, 0.15) is 18.0 Å². The number of carboxylic acid groups (broad SMARTS) is 1. The van der Waals surface area contributed by atoms with Crippen molar-refractivity contribution >= 4 is 17.0 Å². The summed E-state index contributed by atoms with van der Waals surface area (Å²) in [5.74, 6) is -0.0168. The van der Waals surface area contributed by atoms with Gasteiger partial charge in [0.05, 0.1) is 13.0 Å². The van der Waals surface area contributed by atoms with E-state index in [9.17, 15) is 4.79 Å². The topological polar surface area (TPSA) is 64.3 Å². The van der Waals surface area contributed by atoms with Crippen molar-refractivity contribution in [3.05, 3.63) is 59.9 Å². The molecule has 0 atom stereocenters. The maximum absolute atomic E-state index is 11.1. The Kier molecular flexibility index (Phi) is 4.28. The van der Waals surface area contributed by atoms with Crippen LogP contribution >= 0.6 is 0 Å². The number of fused-ring (bicyclic) bond motifs is 1. The van der Waals surface area contributed by atoms with E-state index in [1.807, 2.05) is 54.0 Å². The third kappa shape index (κ3) is 3.18. The molecule has 0 aliphatic rings. The summed E-state index contributed by atoms with van der Waals surface area (Å²) < 4.78 is 7.76. The molecule has 1 N–H and O–H groups in total. The van der Waals surface area contributed by atoms with Crippen LogP contribution in [0.1, 0.15) is 11.3 Å². The van der Waals surface area contributed by atoms with E-state index in [-0.39, 0.29) is 6.42 Å². The average molecular weight is 310 g/mol. The molecule has 5 nitrogen and oxygen atoms in total. The van der Waals surface area contributed by atoms with Crippen molar-refractivity contribution in [1.82, 2.24) is 9.55 Å². The molecule has 1 aromatic carbocycles. The highest BCUT2D eigenvalue weighted by atomic mass is 16.5. The zero-order valence-electron chi connectivity index (χ0n) is 12.9. The summed E-state index contributed by atoms with van der Waals surface area (Å²) in [4.78, 5) is 15.5. The van der Waals surface area contributed by atoms with Crippen molar-refractivity contribution in [2.45, 2.75) is 19.9 Å². The van der Waals surface area contributed by atoms with E-state index in [0.717, 1.165) is 28.0 Å². The van der Waals surface area contributed by atoms with Crippen molar-refractivity contribution in [2.75, 3.05) is 6.61 Å². The second-order valence-electron chi connectivity index (χ2n) is 5.32. The summed E-state index contributed by atoms with van der Waals surface area (Å²) in [7, 11) is 0. The van der Waals surface area contributed by atoms with E-state index in [2.05, 4.69) is 4.98 Å². The van der Waals surface area contributed by atoms with Gasteiger partial charge in [0, 0.05) is 17.3 Å². The van der Waals surface area contributed by atoms with E-state index >= 15 is 0 Å². The number of pyridine rings is 1. The van der Waals surface area contributed by atoms with Gasteiger partial charge in [-0.05, 0) is 36.8 Å². The molecule has 0 unspecified atom stereocenters. The molecular formula is C18H18N2O3. The molecule has 2 heterocycles. The Labute approximate surface area is 134 Å². The molecule has 0 saturated heterocycles. The highest BCUT2D eigenvalue weighted by Crippen LogP contribution is 2.24. The quantitative estimate of drug-likeness (QED) is 0.760. The van der Waals surface area contributed by atoms with Crippen LogP contribution in [0.15, 0.2) is 48.7 Å². The maximum atomic E-state index is 11.1. The van der Waals surface area contributed by atoms with Gasteiger partial charge in [-0.1, -0.05) is 18.2 Å². The van der Waals surface area contributed by atoms with Crippen LogP contribution in [0.2, 0.25) is 0 Å². The fraction of sp³-hybridized carbons (Fsp3) is 0.222. The first-order chi connectivity index (χ1) is 11.2. The normalized spacial score (nSPS) is 10.8. The summed E-state index contributed by atoms with van der Waals surface area (Å²) in [6, 6.07) is 13.4. The number of carbonyl (C=O) groups is 1. The Balaban J connectivity index is 1.85. The van der Waals surface area contributed by atoms with Gasteiger partial charge in [0.2, 0.25) is 0 Å². The maximum Gasteiger partial charge on any atom is 0.307 e. The Bertz CT molecular complexity index is 825. The monoisotopic (exact) mass is 310 g/mol. The number of hydrogen-bond acceptors (Lipinski definition) is 3. The first kappa shape index (κ1) is 15.1. The summed E-state index contributed by atoms with van der Waals surface area (Å²) in [6.07, 6.45) is 1.72. The molecule has 118 valence electrons. The molecule has 0 saturated carbocycles. The fourth-order valence-electron chi connectivity index (χ4n) is 2.78. The molecular weight excluding hydrogens is 292 g/mol. The van der Waals surface area contributed by atoms with Crippen LogP contribution in [0.4, 0.5) is 0 Å². The minimum atomic E-state index is -0.837. The van der Waals surface area contributed by atoms with Gasteiger partial charge in [-0.2, -0.15) is 0 Å². The van der Waals surface area contributed by atoms with Crippen molar-refractivity contribution in [3.8, 4) is 5.75 Å². The van der Waals surface area contributed by atoms with Gasteiger partial charge in [-0.3, -0.25) is 4.79 Å². The van der Waals surface area contributed by atoms with E-state index < -0.39 is 5.97 Å². The second kappa shape index (κ2) is 6.52. The lowest BCUT2D eigenvalue weighted by atomic mass is 10.1. The first-order valence-corrected chi connectivity index (χ1v) is 7.49. The highest BCUT2D eigenvalue weighted by molar-refractivity contribution is 5.86. The van der Waals surface area contributed by atoms with Crippen molar-refractivity contribution in [1.29, 1.82) is 0 Å². The van der Waals surface area contributed by atoms with Crippen LogP contribution in [0.3, 0.4) is 0 Å². The fourth-order valence-corrected chi connectivity index (χ4v) is 2.78. The molecule has 0 radical (unpaired) electrons. The molecule has 3 rings (SSSR count). The van der Waals surface area contributed by atoms with Gasteiger partial charge < -0.3 is 14.4 Å². The van der Waals surface area contributed by atoms with Crippen LogP contribution < -0.4 is 4.74 Å². The smallest absolute Gasteiger partial charge is 0.307 e. The van der Waals surface area contributed by atoms with E-state index in [1.54, 1.807) is 6.20 Å². The van der Waals surface area contributed by atoms with Crippen LogP contribution in [0.25, 0.3) is 11.0 Å². The number of benzene rings is 1. The molecule has 0 aliphatic carbocycles. The van der Waals surface area contributed by atoms with Gasteiger partial charge in [0.15, 0.2) is 0 Å². The van der Waals surface area contributed by atoms with Crippen LogP contribution in [0, 0.1) is 6.92 Å². The molecule has 5 heteroatoms. The van der Waals surface area contributed by atoms with Crippen molar-refractivity contribution in [2.24, 2.45) is 0 Å². The summed E-state index contributed by atoms with van der Waals surface area (Å²) in [5.41, 5.74) is 2.55. The number of ether oxygens (including phenoxy) is 1. The first-order valence-electron chi connectivity index (χ1n) is 7.49. The lowest BCUT2D eigenvalue weighted by molar-refractivity contribution is -0.136.